The van der Waals surface area contributed by atoms with Gasteiger partial charge in [-0.2, -0.15) is 0 Å². The topological polar surface area (TPSA) is 72.3 Å². The van der Waals surface area contributed by atoms with Gasteiger partial charge in [-0.15, -0.1) is 0 Å². The van der Waals surface area contributed by atoms with Gasteiger partial charge in [-0.05, 0) is 28.1 Å². The summed E-state index contributed by atoms with van der Waals surface area (Å²) in [4.78, 5) is 0. The van der Waals surface area contributed by atoms with Crippen molar-refractivity contribution in [2.75, 3.05) is 5.73 Å². The molecule has 0 aliphatic rings. The quantitative estimate of drug-likeness (QED) is 0.820. The van der Waals surface area contributed by atoms with Gasteiger partial charge in [0, 0.05) is 5.56 Å². The Morgan fingerprint density at radius 2 is 2.21 bits per heavy atom. The van der Waals surface area contributed by atoms with Crippen LogP contribution in [-0.2, 0) is 0 Å². The van der Waals surface area contributed by atoms with E-state index in [-0.39, 0.29) is 5.75 Å². The third-order valence-corrected chi connectivity index (χ3v) is 2.36. The summed E-state index contributed by atoms with van der Waals surface area (Å²) in [6.07, 6.45) is 0. The largest absolute Gasteiger partial charge is 0.508 e. The summed E-state index contributed by atoms with van der Waals surface area (Å²) in [5.41, 5.74) is 6.82. The molecule has 4 nitrogen and oxygen atoms in total. The fourth-order valence-electron chi connectivity index (χ4n) is 1.13. The molecule has 1 aromatic heterocycles. The van der Waals surface area contributed by atoms with E-state index >= 15 is 0 Å². The molecule has 3 N–H and O–H groups in total. The van der Waals surface area contributed by atoms with Gasteiger partial charge >= 0.3 is 0 Å². The van der Waals surface area contributed by atoms with E-state index in [4.69, 9.17) is 10.3 Å². The highest BCUT2D eigenvalue weighted by Crippen LogP contribution is 2.32. The molecule has 0 aliphatic heterocycles. The smallest absolute Gasteiger partial charge is 0.191 e. The van der Waals surface area contributed by atoms with Crippen LogP contribution >= 0.6 is 15.9 Å². The van der Waals surface area contributed by atoms with Crippen molar-refractivity contribution in [3.05, 3.63) is 28.9 Å². The summed E-state index contributed by atoms with van der Waals surface area (Å²) >= 11 is 3.14. The van der Waals surface area contributed by atoms with E-state index in [9.17, 15) is 5.11 Å². The lowest BCUT2D eigenvalue weighted by Gasteiger charge is -1.97. The minimum Gasteiger partial charge on any atom is -0.508 e. The second-order valence-electron chi connectivity index (χ2n) is 2.77. The van der Waals surface area contributed by atoms with Crippen molar-refractivity contribution in [2.45, 2.75) is 0 Å². The first-order valence-corrected chi connectivity index (χ1v) is 4.68. The van der Waals surface area contributed by atoms with Crippen LogP contribution in [0, 0.1) is 0 Å². The molecule has 1 heterocycles. The van der Waals surface area contributed by atoms with E-state index in [1.54, 1.807) is 24.3 Å². The standard InChI is InChI=1S/C9H7BrN2O2/c10-9-7(11)8(14-12-9)5-2-1-3-6(13)4-5/h1-4,13H,11H2. The first-order valence-electron chi connectivity index (χ1n) is 3.88. The average molecular weight is 255 g/mol. The summed E-state index contributed by atoms with van der Waals surface area (Å²) in [5, 5.41) is 12.9. The van der Waals surface area contributed by atoms with E-state index in [0.717, 1.165) is 0 Å². The molecule has 2 rings (SSSR count). The zero-order chi connectivity index (χ0) is 10.1. The van der Waals surface area contributed by atoms with Crippen molar-refractivity contribution in [3.8, 4) is 17.1 Å². The van der Waals surface area contributed by atoms with Crippen LogP contribution in [0.15, 0.2) is 33.4 Å². The van der Waals surface area contributed by atoms with Gasteiger partial charge in [0.05, 0.1) is 0 Å². The van der Waals surface area contributed by atoms with Gasteiger partial charge in [0.2, 0.25) is 0 Å². The number of aromatic hydroxyl groups is 1. The molecule has 0 aliphatic carbocycles. The van der Waals surface area contributed by atoms with E-state index in [0.29, 0.717) is 21.6 Å². The number of nitrogens with zero attached hydrogens (tertiary/aromatic N) is 1. The molecule has 0 saturated carbocycles. The van der Waals surface area contributed by atoms with Crippen LogP contribution in [0.4, 0.5) is 5.69 Å². The normalized spacial score (nSPS) is 10.4. The van der Waals surface area contributed by atoms with Gasteiger partial charge in [-0.3, -0.25) is 0 Å². The number of hydrogen-bond acceptors (Lipinski definition) is 4. The Labute approximate surface area is 88.5 Å². The van der Waals surface area contributed by atoms with Crippen molar-refractivity contribution in [1.82, 2.24) is 5.16 Å². The number of phenols is 1. The predicted octanol–water partition coefficient (Wildman–Crippen LogP) is 2.39. The van der Waals surface area contributed by atoms with Gasteiger partial charge in [0.1, 0.15) is 11.4 Å². The lowest BCUT2D eigenvalue weighted by atomic mass is 10.1. The molecule has 0 bridgehead atoms. The highest BCUT2D eigenvalue weighted by molar-refractivity contribution is 9.10. The molecule has 72 valence electrons. The highest BCUT2D eigenvalue weighted by atomic mass is 79.9. The van der Waals surface area contributed by atoms with Crippen LogP contribution < -0.4 is 5.73 Å². The number of nitrogen functional groups attached to an aromatic ring is 1. The number of anilines is 1. The summed E-state index contributed by atoms with van der Waals surface area (Å²) in [7, 11) is 0. The Morgan fingerprint density at radius 3 is 2.79 bits per heavy atom. The Bertz CT molecular complexity index is 468. The Hall–Kier alpha value is -1.49. The molecule has 2 aromatic rings. The summed E-state index contributed by atoms with van der Waals surface area (Å²) < 4.78 is 5.47. The molecule has 0 fully saturated rings. The van der Waals surface area contributed by atoms with E-state index in [2.05, 4.69) is 21.1 Å². The molecule has 0 amide bonds. The minimum absolute atomic E-state index is 0.162. The second kappa shape index (κ2) is 3.34. The van der Waals surface area contributed by atoms with Crippen molar-refractivity contribution < 1.29 is 9.63 Å². The lowest BCUT2D eigenvalue weighted by molar-refractivity contribution is 0.427. The molecule has 0 unspecified atom stereocenters. The molecule has 0 saturated heterocycles. The van der Waals surface area contributed by atoms with E-state index < -0.39 is 0 Å². The highest BCUT2D eigenvalue weighted by Gasteiger charge is 2.12. The molecular weight excluding hydrogens is 248 g/mol. The fraction of sp³-hybridized carbons (Fsp3) is 0. The van der Waals surface area contributed by atoms with Crippen LogP contribution in [0.2, 0.25) is 0 Å². The van der Waals surface area contributed by atoms with Crippen molar-refractivity contribution >= 4 is 21.6 Å². The van der Waals surface area contributed by atoms with Crippen LogP contribution in [0.5, 0.6) is 5.75 Å². The van der Waals surface area contributed by atoms with Crippen molar-refractivity contribution in [1.29, 1.82) is 0 Å². The molecule has 0 radical (unpaired) electrons. The Balaban J connectivity index is 2.55. The second-order valence-corrected chi connectivity index (χ2v) is 3.52. The van der Waals surface area contributed by atoms with Gasteiger partial charge in [-0.1, -0.05) is 17.3 Å². The van der Waals surface area contributed by atoms with Crippen LogP contribution in [0.25, 0.3) is 11.3 Å². The number of nitrogens with two attached hydrogens (primary N) is 1. The number of benzene rings is 1. The number of rotatable bonds is 1. The van der Waals surface area contributed by atoms with Crippen LogP contribution in [-0.4, -0.2) is 10.3 Å². The zero-order valence-corrected chi connectivity index (χ0v) is 8.65. The Kier molecular flexibility index (Phi) is 2.17. The molecule has 0 spiro atoms. The predicted molar refractivity (Wildman–Crippen MR) is 55.7 cm³/mol. The van der Waals surface area contributed by atoms with Crippen molar-refractivity contribution in [3.63, 3.8) is 0 Å². The lowest BCUT2D eigenvalue weighted by Crippen LogP contribution is -1.85. The molecule has 5 heteroatoms. The minimum atomic E-state index is 0.162. The fourth-order valence-corrected chi connectivity index (χ4v) is 1.39. The van der Waals surface area contributed by atoms with Crippen molar-refractivity contribution in [2.24, 2.45) is 0 Å². The summed E-state index contributed by atoms with van der Waals surface area (Å²) in [5.74, 6) is 0.613. The maximum atomic E-state index is 9.26. The maximum absolute atomic E-state index is 9.26. The average Bonchev–Trinajstić information content (AvgIpc) is 2.48. The first kappa shape index (κ1) is 9.08. The first-order chi connectivity index (χ1) is 6.68. The third-order valence-electron chi connectivity index (χ3n) is 1.79. The Morgan fingerprint density at radius 1 is 1.43 bits per heavy atom. The third kappa shape index (κ3) is 1.46. The van der Waals surface area contributed by atoms with Gasteiger partial charge in [0.25, 0.3) is 0 Å². The van der Waals surface area contributed by atoms with Gasteiger partial charge < -0.3 is 15.4 Å². The molecular formula is C9H7BrN2O2. The number of aromatic nitrogens is 1. The van der Waals surface area contributed by atoms with E-state index in [1.807, 2.05) is 0 Å². The number of phenolic OH excluding ortho intramolecular Hbond substituents is 1. The number of hydrogen-bond donors (Lipinski definition) is 2. The van der Waals surface area contributed by atoms with E-state index in [1.165, 1.54) is 0 Å². The number of halogens is 1. The summed E-state index contributed by atoms with van der Waals surface area (Å²) in [6, 6.07) is 6.62. The maximum Gasteiger partial charge on any atom is 0.191 e. The van der Waals surface area contributed by atoms with Crippen LogP contribution in [0.1, 0.15) is 0 Å². The summed E-state index contributed by atoms with van der Waals surface area (Å²) in [6.45, 7) is 0. The van der Waals surface area contributed by atoms with Crippen LogP contribution in [0.3, 0.4) is 0 Å². The monoisotopic (exact) mass is 254 g/mol. The molecule has 0 atom stereocenters. The molecule has 14 heavy (non-hydrogen) atoms. The molecule has 1 aromatic carbocycles. The van der Waals surface area contributed by atoms with Gasteiger partial charge in [0.15, 0.2) is 10.4 Å². The SMILES string of the molecule is Nc1c(Br)noc1-c1cccc(O)c1. The van der Waals surface area contributed by atoms with Gasteiger partial charge in [-0.25, -0.2) is 0 Å². The zero-order valence-electron chi connectivity index (χ0n) is 7.07.